The third-order valence-corrected chi connectivity index (χ3v) is 5.86. The summed E-state index contributed by atoms with van der Waals surface area (Å²) < 4.78 is 0. The number of allylic oxidation sites excluding steroid dienone is 2. The van der Waals surface area contributed by atoms with Crippen LogP contribution in [-0.2, 0) is 16.0 Å². The molecule has 1 fully saturated rings. The van der Waals surface area contributed by atoms with Crippen LogP contribution in [0.3, 0.4) is 0 Å². The number of carbonyl (C=O) groups is 3. The minimum absolute atomic E-state index is 0.207. The fraction of sp³-hybridized carbons (Fsp3) is 0.292. The highest BCUT2D eigenvalue weighted by Crippen LogP contribution is 2.40. The maximum atomic E-state index is 13.1. The Balaban J connectivity index is 1.66. The van der Waals surface area contributed by atoms with Gasteiger partial charge in [0.1, 0.15) is 0 Å². The van der Waals surface area contributed by atoms with Crippen molar-refractivity contribution in [1.29, 1.82) is 0 Å². The Morgan fingerprint density at radius 1 is 1.03 bits per heavy atom. The van der Waals surface area contributed by atoms with Gasteiger partial charge in [0.25, 0.3) is 5.91 Å². The smallest absolute Gasteiger partial charge is 0.257 e. The van der Waals surface area contributed by atoms with E-state index in [0.29, 0.717) is 24.1 Å². The van der Waals surface area contributed by atoms with Gasteiger partial charge in [-0.15, -0.1) is 0 Å². The summed E-state index contributed by atoms with van der Waals surface area (Å²) in [6.45, 7) is 4.02. The van der Waals surface area contributed by atoms with E-state index < -0.39 is 0 Å². The van der Waals surface area contributed by atoms with Gasteiger partial charge in [0, 0.05) is 5.69 Å². The molecule has 2 aromatic carbocycles. The summed E-state index contributed by atoms with van der Waals surface area (Å²) in [6.07, 6.45) is 4.01. The van der Waals surface area contributed by atoms with Crippen molar-refractivity contribution in [2.75, 3.05) is 10.2 Å². The molecule has 0 radical (unpaired) electrons. The van der Waals surface area contributed by atoms with Crippen LogP contribution in [-0.4, -0.2) is 17.7 Å². The number of nitrogens with zero attached hydrogens (tertiary/aromatic N) is 1. The van der Waals surface area contributed by atoms with Crippen LogP contribution in [0, 0.1) is 11.8 Å². The van der Waals surface area contributed by atoms with Crippen LogP contribution < -0.4 is 10.2 Å². The van der Waals surface area contributed by atoms with Gasteiger partial charge >= 0.3 is 0 Å². The SMILES string of the molecule is CCc1ccccc1NC(=O)c1ccccc1N1C(=O)[C@H]2CC=C(C)C[C@H]2C1=O. The predicted octanol–water partition coefficient (Wildman–Crippen LogP) is 4.35. The third kappa shape index (κ3) is 3.37. The summed E-state index contributed by atoms with van der Waals surface area (Å²) in [4.78, 5) is 40.4. The molecule has 0 unspecified atom stereocenters. The van der Waals surface area contributed by atoms with Gasteiger partial charge in [0.2, 0.25) is 11.8 Å². The highest BCUT2D eigenvalue weighted by molar-refractivity contribution is 6.25. The van der Waals surface area contributed by atoms with Crippen molar-refractivity contribution in [2.24, 2.45) is 11.8 Å². The number of imide groups is 1. The van der Waals surface area contributed by atoms with Crippen LogP contribution in [0.4, 0.5) is 11.4 Å². The molecule has 1 saturated heterocycles. The fourth-order valence-corrected chi connectivity index (χ4v) is 4.28. The molecule has 5 nitrogen and oxygen atoms in total. The van der Waals surface area contributed by atoms with E-state index in [1.54, 1.807) is 24.3 Å². The van der Waals surface area contributed by atoms with Crippen molar-refractivity contribution in [2.45, 2.75) is 33.1 Å². The van der Waals surface area contributed by atoms with Gasteiger partial charge < -0.3 is 5.32 Å². The molecule has 29 heavy (non-hydrogen) atoms. The molecule has 1 heterocycles. The van der Waals surface area contributed by atoms with Crippen molar-refractivity contribution in [1.82, 2.24) is 0 Å². The Morgan fingerprint density at radius 3 is 2.52 bits per heavy atom. The summed E-state index contributed by atoms with van der Waals surface area (Å²) in [5.74, 6) is -1.40. The Kier molecular flexibility index (Phi) is 5.05. The van der Waals surface area contributed by atoms with E-state index in [4.69, 9.17) is 0 Å². The molecule has 5 heteroatoms. The zero-order chi connectivity index (χ0) is 20.5. The van der Waals surface area contributed by atoms with E-state index in [2.05, 4.69) is 5.32 Å². The highest BCUT2D eigenvalue weighted by Gasteiger charge is 2.49. The molecule has 4 rings (SSSR count). The van der Waals surface area contributed by atoms with Crippen LogP contribution >= 0.6 is 0 Å². The lowest BCUT2D eigenvalue weighted by Gasteiger charge is -2.19. The van der Waals surface area contributed by atoms with Crippen molar-refractivity contribution in [3.63, 3.8) is 0 Å². The fourth-order valence-electron chi connectivity index (χ4n) is 4.28. The second-order valence-electron chi connectivity index (χ2n) is 7.70. The second-order valence-corrected chi connectivity index (χ2v) is 7.70. The second kappa shape index (κ2) is 7.66. The van der Waals surface area contributed by atoms with E-state index in [1.165, 1.54) is 4.90 Å². The molecule has 0 saturated carbocycles. The molecular formula is C24H24N2O3. The molecule has 1 N–H and O–H groups in total. The zero-order valence-corrected chi connectivity index (χ0v) is 16.6. The van der Waals surface area contributed by atoms with E-state index in [9.17, 15) is 14.4 Å². The Bertz CT molecular complexity index is 1020. The molecule has 1 aliphatic heterocycles. The van der Waals surface area contributed by atoms with Crippen LogP contribution in [0.15, 0.2) is 60.2 Å². The maximum Gasteiger partial charge on any atom is 0.257 e. The number of fused-ring (bicyclic) bond motifs is 1. The number of aryl methyl sites for hydroxylation is 1. The summed E-state index contributed by atoms with van der Waals surface area (Å²) >= 11 is 0. The third-order valence-electron chi connectivity index (χ3n) is 5.86. The highest BCUT2D eigenvalue weighted by atomic mass is 16.2. The number of hydrogen-bond donors (Lipinski definition) is 1. The number of para-hydroxylation sites is 2. The van der Waals surface area contributed by atoms with Crippen LogP contribution in [0.2, 0.25) is 0 Å². The average Bonchev–Trinajstić information content (AvgIpc) is 2.98. The van der Waals surface area contributed by atoms with Crippen LogP contribution in [0.1, 0.15) is 42.6 Å². The van der Waals surface area contributed by atoms with E-state index in [0.717, 1.165) is 23.2 Å². The summed E-state index contributed by atoms with van der Waals surface area (Å²) in [5.41, 5.74) is 3.59. The Morgan fingerprint density at radius 2 is 1.72 bits per heavy atom. The largest absolute Gasteiger partial charge is 0.322 e. The van der Waals surface area contributed by atoms with Gasteiger partial charge in [-0.05, 0) is 49.9 Å². The first kappa shape index (κ1) is 19.1. The molecule has 148 valence electrons. The molecule has 3 amide bonds. The molecular weight excluding hydrogens is 364 g/mol. The van der Waals surface area contributed by atoms with Gasteiger partial charge in [-0.2, -0.15) is 0 Å². The number of rotatable bonds is 4. The van der Waals surface area contributed by atoms with Crippen molar-refractivity contribution in [3.05, 3.63) is 71.3 Å². The number of nitrogens with one attached hydrogen (secondary N) is 1. The van der Waals surface area contributed by atoms with E-state index in [-0.39, 0.29) is 29.6 Å². The van der Waals surface area contributed by atoms with Crippen LogP contribution in [0.5, 0.6) is 0 Å². The quantitative estimate of drug-likeness (QED) is 0.626. The first-order valence-corrected chi connectivity index (χ1v) is 10.0. The van der Waals surface area contributed by atoms with E-state index >= 15 is 0 Å². The first-order valence-electron chi connectivity index (χ1n) is 10.0. The van der Waals surface area contributed by atoms with Gasteiger partial charge in [0.15, 0.2) is 0 Å². The minimum Gasteiger partial charge on any atom is -0.322 e. The van der Waals surface area contributed by atoms with Gasteiger partial charge in [-0.1, -0.05) is 48.9 Å². The summed E-state index contributed by atoms with van der Waals surface area (Å²) in [5, 5.41) is 2.94. The standard InChI is InChI=1S/C24H24N2O3/c1-3-16-8-4-6-10-20(16)25-22(27)18-9-5-7-11-21(18)26-23(28)17-13-12-15(2)14-19(17)24(26)29/h4-12,17,19H,3,13-14H2,1-2H3,(H,25,27)/t17-,19+/m0/s1. The Hall–Kier alpha value is -3.21. The van der Waals surface area contributed by atoms with Gasteiger partial charge in [-0.25, -0.2) is 4.90 Å². The Labute approximate surface area is 170 Å². The van der Waals surface area contributed by atoms with Crippen molar-refractivity contribution >= 4 is 29.1 Å². The molecule has 2 aliphatic rings. The normalized spacial score (nSPS) is 21.0. The summed E-state index contributed by atoms with van der Waals surface area (Å²) in [6, 6.07) is 14.4. The number of hydrogen-bond acceptors (Lipinski definition) is 3. The first-order chi connectivity index (χ1) is 14.0. The zero-order valence-electron chi connectivity index (χ0n) is 16.6. The number of anilines is 2. The van der Waals surface area contributed by atoms with Crippen molar-refractivity contribution in [3.8, 4) is 0 Å². The lowest BCUT2D eigenvalue weighted by atomic mass is 9.82. The summed E-state index contributed by atoms with van der Waals surface area (Å²) in [7, 11) is 0. The molecule has 0 aromatic heterocycles. The number of benzene rings is 2. The monoisotopic (exact) mass is 388 g/mol. The molecule has 2 aromatic rings. The maximum absolute atomic E-state index is 13.1. The molecule has 2 atom stereocenters. The number of amides is 3. The number of carbonyl (C=O) groups excluding carboxylic acids is 3. The molecule has 0 spiro atoms. The average molecular weight is 388 g/mol. The molecule has 1 aliphatic carbocycles. The predicted molar refractivity (Wildman–Crippen MR) is 113 cm³/mol. The minimum atomic E-state index is -0.330. The van der Waals surface area contributed by atoms with E-state index in [1.807, 2.05) is 44.2 Å². The lowest BCUT2D eigenvalue weighted by molar-refractivity contribution is -0.122. The molecule has 0 bridgehead atoms. The lowest BCUT2D eigenvalue weighted by Crippen LogP contribution is -2.33. The van der Waals surface area contributed by atoms with Crippen molar-refractivity contribution < 1.29 is 14.4 Å². The van der Waals surface area contributed by atoms with Crippen LogP contribution in [0.25, 0.3) is 0 Å². The van der Waals surface area contributed by atoms with Gasteiger partial charge in [-0.3, -0.25) is 14.4 Å². The van der Waals surface area contributed by atoms with Gasteiger partial charge in [0.05, 0.1) is 23.1 Å². The topological polar surface area (TPSA) is 66.5 Å².